The third kappa shape index (κ3) is 5.59. The van der Waals surface area contributed by atoms with E-state index in [1.54, 1.807) is 29.0 Å². The molecule has 208 valence electrons. The molecular formula is C31H29N5O5. The van der Waals surface area contributed by atoms with Crippen LogP contribution in [0.15, 0.2) is 71.7 Å². The topological polar surface area (TPSA) is 121 Å². The van der Waals surface area contributed by atoms with Crippen molar-refractivity contribution in [1.29, 1.82) is 0 Å². The minimum Gasteiger partial charge on any atom is -0.477 e. The molecule has 5 heterocycles. The van der Waals surface area contributed by atoms with Crippen molar-refractivity contribution in [2.24, 2.45) is 0 Å². The molecule has 0 unspecified atom stereocenters. The number of carbonyl (C=O) groups is 1. The van der Waals surface area contributed by atoms with E-state index < -0.39 is 5.97 Å². The Morgan fingerprint density at radius 2 is 1.93 bits per heavy atom. The van der Waals surface area contributed by atoms with Crippen LogP contribution in [0.25, 0.3) is 22.4 Å². The van der Waals surface area contributed by atoms with Gasteiger partial charge in [-0.25, -0.2) is 19.7 Å². The molecule has 0 radical (unpaired) electrons. The second kappa shape index (κ2) is 11.0. The molecule has 1 aliphatic rings. The lowest BCUT2D eigenvalue weighted by molar-refractivity contribution is -0.0591. The molecule has 10 nitrogen and oxygen atoms in total. The van der Waals surface area contributed by atoms with Crippen LogP contribution in [-0.4, -0.2) is 47.9 Å². The highest BCUT2D eigenvalue weighted by Gasteiger charge is 2.23. The Labute approximate surface area is 235 Å². The highest BCUT2D eigenvalue weighted by Crippen LogP contribution is 2.23. The fourth-order valence-electron chi connectivity index (χ4n) is 4.88. The number of carboxylic acids is 1. The van der Waals surface area contributed by atoms with Crippen LogP contribution < -0.4 is 10.3 Å². The number of ether oxygens (including phenoxy) is 2. The Balaban J connectivity index is 1.24. The molecule has 1 atom stereocenters. The van der Waals surface area contributed by atoms with E-state index in [1.807, 2.05) is 22.8 Å². The van der Waals surface area contributed by atoms with Crippen molar-refractivity contribution in [1.82, 2.24) is 24.1 Å². The zero-order valence-corrected chi connectivity index (χ0v) is 22.8. The first-order chi connectivity index (χ1) is 19.8. The largest absolute Gasteiger partial charge is 0.477 e. The van der Waals surface area contributed by atoms with Gasteiger partial charge in [0.25, 0.3) is 5.56 Å². The van der Waals surface area contributed by atoms with Crippen molar-refractivity contribution in [2.45, 2.75) is 46.1 Å². The molecule has 5 aromatic rings. The van der Waals surface area contributed by atoms with Gasteiger partial charge < -0.3 is 23.7 Å². The molecule has 0 amide bonds. The lowest BCUT2D eigenvalue weighted by Crippen LogP contribution is -2.32. The predicted octanol–water partition coefficient (Wildman–Crippen LogP) is 4.39. The highest BCUT2D eigenvalue weighted by atomic mass is 16.5. The van der Waals surface area contributed by atoms with E-state index in [-0.39, 0.29) is 23.9 Å². The quantitative estimate of drug-likeness (QED) is 0.286. The number of imidazole rings is 1. The van der Waals surface area contributed by atoms with Crippen molar-refractivity contribution in [3.05, 3.63) is 105 Å². The average Bonchev–Trinajstić information content (AvgIpc) is 3.27. The van der Waals surface area contributed by atoms with Gasteiger partial charge in [0.05, 0.1) is 24.9 Å². The van der Waals surface area contributed by atoms with Crippen LogP contribution in [0.4, 0.5) is 0 Å². The van der Waals surface area contributed by atoms with Crippen LogP contribution in [0, 0.1) is 13.8 Å². The van der Waals surface area contributed by atoms with Gasteiger partial charge in [0.1, 0.15) is 17.9 Å². The maximum absolute atomic E-state index is 13.2. The smallest absolute Gasteiger partial charge is 0.354 e. The molecule has 1 aliphatic heterocycles. The van der Waals surface area contributed by atoms with Gasteiger partial charge in [0.2, 0.25) is 5.88 Å². The molecule has 1 fully saturated rings. The van der Waals surface area contributed by atoms with Gasteiger partial charge in [-0.2, -0.15) is 0 Å². The molecule has 0 saturated carbocycles. The molecule has 0 spiro atoms. The van der Waals surface area contributed by atoms with E-state index >= 15 is 0 Å². The summed E-state index contributed by atoms with van der Waals surface area (Å²) in [7, 11) is 0. The van der Waals surface area contributed by atoms with Gasteiger partial charge in [-0.3, -0.25) is 4.79 Å². The Morgan fingerprint density at radius 3 is 2.66 bits per heavy atom. The van der Waals surface area contributed by atoms with Gasteiger partial charge in [-0.1, -0.05) is 29.8 Å². The van der Waals surface area contributed by atoms with E-state index in [2.05, 4.69) is 47.0 Å². The first-order valence-electron chi connectivity index (χ1n) is 13.4. The maximum Gasteiger partial charge on any atom is 0.354 e. The minimum atomic E-state index is -1.11. The lowest BCUT2D eigenvalue weighted by Gasteiger charge is -2.27. The standard InChI is InChI=1S/C31H29N5O5/c1-19-6-7-22(20(2)14-19)18-41-28-5-3-4-24(33-28)21-10-12-35(29(37)15-21)17-27-32-25-8-9-26(31(38)39)34-30(25)36(27)16-23-11-13-40-23/h3-10,12,14-15,23H,11,13,16-18H2,1-2H3,(H,38,39)/t23-/m0/s1. The van der Waals surface area contributed by atoms with E-state index in [0.717, 1.165) is 17.5 Å². The predicted molar refractivity (Wildman–Crippen MR) is 152 cm³/mol. The van der Waals surface area contributed by atoms with Crippen LogP contribution in [-0.2, 0) is 24.4 Å². The summed E-state index contributed by atoms with van der Waals surface area (Å²) in [6.45, 7) is 5.88. The van der Waals surface area contributed by atoms with E-state index in [0.29, 0.717) is 53.9 Å². The number of rotatable bonds is 9. The number of fused-ring (bicyclic) bond motifs is 1. The van der Waals surface area contributed by atoms with E-state index in [4.69, 9.17) is 9.47 Å². The average molecular weight is 552 g/mol. The summed E-state index contributed by atoms with van der Waals surface area (Å²) in [6.07, 6.45) is 2.60. The van der Waals surface area contributed by atoms with Crippen LogP contribution >= 0.6 is 0 Å². The van der Waals surface area contributed by atoms with E-state index in [1.165, 1.54) is 11.6 Å². The monoisotopic (exact) mass is 551 g/mol. The number of aryl methyl sites for hydroxylation is 2. The van der Waals surface area contributed by atoms with Crippen molar-refractivity contribution >= 4 is 17.1 Å². The summed E-state index contributed by atoms with van der Waals surface area (Å²) in [6, 6.07) is 18.2. The number of nitrogens with zero attached hydrogens (tertiary/aromatic N) is 5. The summed E-state index contributed by atoms with van der Waals surface area (Å²) >= 11 is 0. The van der Waals surface area contributed by atoms with Crippen molar-refractivity contribution in [2.75, 3.05) is 6.61 Å². The Hall–Kier alpha value is -4.83. The molecule has 1 saturated heterocycles. The number of aromatic carboxylic acids is 1. The van der Waals surface area contributed by atoms with Crippen LogP contribution in [0.1, 0.15) is 39.4 Å². The normalized spacial score (nSPS) is 14.6. The molecule has 0 bridgehead atoms. The number of aromatic nitrogens is 5. The van der Waals surface area contributed by atoms with Crippen molar-refractivity contribution in [3.8, 4) is 17.1 Å². The summed E-state index contributed by atoms with van der Waals surface area (Å²) in [5.74, 6) is -0.0339. The van der Waals surface area contributed by atoms with Crippen LogP contribution in [0.2, 0.25) is 0 Å². The lowest BCUT2D eigenvalue weighted by atomic mass is 10.1. The SMILES string of the molecule is Cc1ccc(COc2cccc(-c3ccn(Cc4nc5ccc(C(=O)O)nc5n4C[C@@H]4CCO4)c(=O)c3)n2)c(C)c1. The third-order valence-electron chi connectivity index (χ3n) is 7.27. The van der Waals surface area contributed by atoms with Crippen LogP contribution in [0.5, 0.6) is 5.88 Å². The van der Waals surface area contributed by atoms with E-state index in [9.17, 15) is 14.7 Å². The van der Waals surface area contributed by atoms with Gasteiger partial charge in [0, 0.05) is 30.5 Å². The van der Waals surface area contributed by atoms with Crippen molar-refractivity contribution in [3.63, 3.8) is 0 Å². The second-order valence-corrected chi connectivity index (χ2v) is 10.2. The summed E-state index contributed by atoms with van der Waals surface area (Å²) in [5, 5.41) is 9.42. The summed E-state index contributed by atoms with van der Waals surface area (Å²) in [5.41, 5.74) is 5.51. The molecule has 10 heteroatoms. The Kier molecular flexibility index (Phi) is 7.07. The van der Waals surface area contributed by atoms with Gasteiger partial charge in [-0.15, -0.1) is 0 Å². The number of carboxylic acid groups (broad SMARTS) is 1. The maximum atomic E-state index is 13.2. The number of pyridine rings is 3. The Morgan fingerprint density at radius 1 is 1.07 bits per heavy atom. The zero-order valence-electron chi connectivity index (χ0n) is 22.8. The number of hydrogen-bond donors (Lipinski definition) is 1. The first kappa shape index (κ1) is 26.4. The minimum absolute atomic E-state index is 0.00368. The molecule has 1 N–H and O–H groups in total. The molecular weight excluding hydrogens is 522 g/mol. The van der Waals surface area contributed by atoms with Crippen LogP contribution in [0.3, 0.4) is 0 Å². The fourth-order valence-corrected chi connectivity index (χ4v) is 4.88. The third-order valence-corrected chi connectivity index (χ3v) is 7.27. The zero-order chi connectivity index (χ0) is 28.5. The van der Waals surface area contributed by atoms with Gasteiger partial charge in [0.15, 0.2) is 11.3 Å². The number of hydrogen-bond acceptors (Lipinski definition) is 7. The Bertz CT molecular complexity index is 1820. The molecule has 41 heavy (non-hydrogen) atoms. The summed E-state index contributed by atoms with van der Waals surface area (Å²) in [4.78, 5) is 38.3. The highest BCUT2D eigenvalue weighted by molar-refractivity contribution is 5.88. The fraction of sp³-hybridized carbons (Fsp3) is 0.258. The molecule has 1 aromatic carbocycles. The van der Waals surface area contributed by atoms with Crippen molar-refractivity contribution < 1.29 is 19.4 Å². The molecule has 0 aliphatic carbocycles. The molecule has 6 rings (SSSR count). The van der Waals surface area contributed by atoms with Gasteiger partial charge >= 0.3 is 5.97 Å². The second-order valence-electron chi connectivity index (χ2n) is 10.2. The summed E-state index contributed by atoms with van der Waals surface area (Å²) < 4.78 is 15.0. The van der Waals surface area contributed by atoms with Gasteiger partial charge in [-0.05, 0) is 55.7 Å². The number of benzene rings is 1. The molecule has 4 aromatic heterocycles. The first-order valence-corrected chi connectivity index (χ1v) is 13.4.